The fourth-order valence-electron chi connectivity index (χ4n) is 1.42. The molecule has 0 bridgehead atoms. The van der Waals surface area contributed by atoms with Gasteiger partial charge in [0.05, 0.1) is 5.69 Å². The number of aryl methyl sites for hydroxylation is 2. The summed E-state index contributed by atoms with van der Waals surface area (Å²) < 4.78 is 8.28. The van der Waals surface area contributed by atoms with E-state index in [0.717, 1.165) is 15.9 Å². The first-order valence-electron chi connectivity index (χ1n) is 4.80. The van der Waals surface area contributed by atoms with Gasteiger partial charge in [-0.2, -0.15) is 5.10 Å². The van der Waals surface area contributed by atoms with Crippen LogP contribution in [-0.4, -0.2) is 9.78 Å². The molecule has 4 nitrogen and oxygen atoms in total. The van der Waals surface area contributed by atoms with Gasteiger partial charge >= 0.3 is 0 Å². The number of benzene rings is 1. The number of hydrogen-bond donors (Lipinski definition) is 1. The summed E-state index contributed by atoms with van der Waals surface area (Å²) in [6.07, 6.45) is 0. The lowest BCUT2D eigenvalue weighted by atomic mass is 10.3. The molecule has 0 amide bonds. The van der Waals surface area contributed by atoms with Crippen LogP contribution in [0.4, 0.5) is 5.69 Å². The highest BCUT2D eigenvalue weighted by Gasteiger charge is 2.12. The van der Waals surface area contributed by atoms with Crippen LogP contribution in [0.5, 0.6) is 11.6 Å². The van der Waals surface area contributed by atoms with Crippen molar-refractivity contribution in [1.82, 2.24) is 9.78 Å². The molecule has 84 valence electrons. The largest absolute Gasteiger partial charge is 0.437 e. The van der Waals surface area contributed by atoms with Crippen molar-refractivity contribution in [2.24, 2.45) is 7.05 Å². The molecule has 0 fully saturated rings. The van der Waals surface area contributed by atoms with Crippen LogP contribution in [0.2, 0.25) is 0 Å². The van der Waals surface area contributed by atoms with Gasteiger partial charge in [-0.15, -0.1) is 0 Å². The minimum absolute atomic E-state index is 0.565. The summed E-state index contributed by atoms with van der Waals surface area (Å²) in [6, 6.07) is 7.58. The van der Waals surface area contributed by atoms with E-state index in [1.54, 1.807) is 11.7 Å². The number of nitrogens with zero attached hydrogens (tertiary/aromatic N) is 2. The van der Waals surface area contributed by atoms with Crippen LogP contribution < -0.4 is 10.5 Å². The van der Waals surface area contributed by atoms with Gasteiger partial charge in [0.15, 0.2) is 0 Å². The Hall–Kier alpha value is -1.49. The van der Waals surface area contributed by atoms with Crippen LogP contribution in [0.3, 0.4) is 0 Å². The van der Waals surface area contributed by atoms with Crippen LogP contribution >= 0.6 is 15.9 Å². The van der Waals surface area contributed by atoms with Gasteiger partial charge in [-0.05, 0) is 25.1 Å². The Labute approximate surface area is 102 Å². The molecule has 0 radical (unpaired) electrons. The lowest BCUT2D eigenvalue weighted by Crippen LogP contribution is -1.96. The summed E-state index contributed by atoms with van der Waals surface area (Å²) in [7, 11) is 1.80. The molecular weight excluding hydrogens is 270 g/mol. The average Bonchev–Trinajstić information content (AvgIpc) is 2.45. The highest BCUT2D eigenvalue weighted by molar-refractivity contribution is 9.10. The quantitative estimate of drug-likeness (QED) is 0.921. The van der Waals surface area contributed by atoms with E-state index in [2.05, 4.69) is 21.0 Å². The first-order valence-corrected chi connectivity index (χ1v) is 5.59. The first kappa shape index (κ1) is 11.0. The number of aromatic nitrogens is 2. The summed E-state index contributed by atoms with van der Waals surface area (Å²) in [6.45, 7) is 1.85. The number of halogens is 1. The maximum Gasteiger partial charge on any atom is 0.241 e. The molecule has 0 saturated heterocycles. The fourth-order valence-corrected chi connectivity index (χ4v) is 1.79. The normalized spacial score (nSPS) is 10.4. The van der Waals surface area contributed by atoms with Crippen molar-refractivity contribution in [2.45, 2.75) is 6.92 Å². The molecule has 0 spiro atoms. The Morgan fingerprint density at radius 2 is 2.19 bits per heavy atom. The molecule has 0 aliphatic carbocycles. The number of anilines is 1. The van der Waals surface area contributed by atoms with Gasteiger partial charge < -0.3 is 10.5 Å². The first-order chi connectivity index (χ1) is 7.58. The molecule has 2 N–H and O–H groups in total. The van der Waals surface area contributed by atoms with Gasteiger partial charge in [-0.25, -0.2) is 4.68 Å². The topological polar surface area (TPSA) is 53.1 Å². The van der Waals surface area contributed by atoms with E-state index in [-0.39, 0.29) is 0 Å². The molecule has 2 aromatic rings. The van der Waals surface area contributed by atoms with Crippen LogP contribution in [-0.2, 0) is 7.05 Å². The summed E-state index contributed by atoms with van der Waals surface area (Å²) >= 11 is 3.38. The second kappa shape index (κ2) is 4.17. The standard InChI is InChI=1S/C11H12BrN3O/c1-7-10(13)11(15(2)14-7)16-9-5-3-4-8(12)6-9/h3-6H,13H2,1-2H3. The molecule has 1 aromatic carbocycles. The summed E-state index contributed by atoms with van der Waals surface area (Å²) in [5.74, 6) is 1.29. The van der Waals surface area contributed by atoms with E-state index in [1.807, 2.05) is 31.2 Å². The van der Waals surface area contributed by atoms with Crippen LogP contribution in [0, 0.1) is 6.92 Å². The maximum atomic E-state index is 5.87. The van der Waals surface area contributed by atoms with Crippen molar-refractivity contribution in [3.8, 4) is 11.6 Å². The van der Waals surface area contributed by atoms with Gasteiger partial charge in [0, 0.05) is 11.5 Å². The number of nitrogen functional groups attached to an aromatic ring is 1. The third-order valence-electron chi connectivity index (χ3n) is 2.22. The van der Waals surface area contributed by atoms with Crippen LogP contribution in [0.25, 0.3) is 0 Å². The SMILES string of the molecule is Cc1nn(C)c(Oc2cccc(Br)c2)c1N. The molecule has 16 heavy (non-hydrogen) atoms. The van der Waals surface area contributed by atoms with E-state index in [1.165, 1.54) is 0 Å². The zero-order valence-electron chi connectivity index (χ0n) is 9.07. The van der Waals surface area contributed by atoms with Gasteiger partial charge in [0.2, 0.25) is 5.88 Å². The Bertz CT molecular complexity index is 522. The third-order valence-corrected chi connectivity index (χ3v) is 2.72. The highest BCUT2D eigenvalue weighted by Crippen LogP contribution is 2.30. The highest BCUT2D eigenvalue weighted by atomic mass is 79.9. The van der Waals surface area contributed by atoms with E-state index < -0.39 is 0 Å². The summed E-state index contributed by atoms with van der Waals surface area (Å²) in [5, 5.41) is 4.18. The Balaban J connectivity index is 2.34. The number of hydrogen-bond acceptors (Lipinski definition) is 3. The van der Waals surface area contributed by atoms with Crippen molar-refractivity contribution in [1.29, 1.82) is 0 Å². The van der Waals surface area contributed by atoms with E-state index in [4.69, 9.17) is 10.5 Å². The molecule has 0 aliphatic rings. The van der Waals surface area contributed by atoms with Crippen molar-refractivity contribution in [2.75, 3.05) is 5.73 Å². The Morgan fingerprint density at radius 1 is 1.44 bits per heavy atom. The molecule has 1 aromatic heterocycles. The van der Waals surface area contributed by atoms with Gasteiger partial charge in [-0.1, -0.05) is 22.0 Å². The average molecular weight is 282 g/mol. The number of nitrogens with two attached hydrogens (primary N) is 1. The second-order valence-electron chi connectivity index (χ2n) is 3.49. The van der Waals surface area contributed by atoms with Crippen molar-refractivity contribution in [3.05, 3.63) is 34.4 Å². The second-order valence-corrected chi connectivity index (χ2v) is 4.40. The van der Waals surface area contributed by atoms with Gasteiger partial charge in [-0.3, -0.25) is 0 Å². The Morgan fingerprint density at radius 3 is 2.75 bits per heavy atom. The van der Waals surface area contributed by atoms with E-state index >= 15 is 0 Å². The molecule has 5 heteroatoms. The van der Waals surface area contributed by atoms with Crippen molar-refractivity contribution in [3.63, 3.8) is 0 Å². The molecule has 1 heterocycles. The monoisotopic (exact) mass is 281 g/mol. The zero-order valence-corrected chi connectivity index (χ0v) is 10.7. The van der Waals surface area contributed by atoms with Gasteiger partial charge in [0.1, 0.15) is 11.4 Å². The lowest BCUT2D eigenvalue weighted by Gasteiger charge is -2.06. The third kappa shape index (κ3) is 2.04. The lowest BCUT2D eigenvalue weighted by molar-refractivity contribution is 0.432. The maximum absolute atomic E-state index is 5.87. The summed E-state index contributed by atoms with van der Waals surface area (Å²) in [4.78, 5) is 0. The number of rotatable bonds is 2. The molecule has 0 unspecified atom stereocenters. The van der Waals surface area contributed by atoms with Crippen molar-refractivity contribution >= 4 is 21.6 Å². The number of ether oxygens (including phenoxy) is 1. The predicted molar refractivity (Wildman–Crippen MR) is 66.6 cm³/mol. The minimum Gasteiger partial charge on any atom is -0.437 e. The Kier molecular flexibility index (Phi) is 2.87. The molecule has 0 saturated carbocycles. The molecule has 0 atom stereocenters. The minimum atomic E-state index is 0.565. The van der Waals surface area contributed by atoms with Gasteiger partial charge in [0.25, 0.3) is 0 Å². The molecule has 2 rings (SSSR count). The zero-order chi connectivity index (χ0) is 11.7. The van der Waals surface area contributed by atoms with E-state index in [0.29, 0.717) is 11.6 Å². The fraction of sp³-hybridized carbons (Fsp3) is 0.182. The van der Waals surface area contributed by atoms with E-state index in [9.17, 15) is 0 Å². The predicted octanol–water partition coefficient (Wildman–Crippen LogP) is 2.87. The summed E-state index contributed by atoms with van der Waals surface area (Å²) in [5.41, 5.74) is 7.21. The molecule has 0 aliphatic heterocycles. The van der Waals surface area contributed by atoms with Crippen LogP contribution in [0.1, 0.15) is 5.69 Å². The smallest absolute Gasteiger partial charge is 0.241 e. The molecular formula is C11H12BrN3O. The van der Waals surface area contributed by atoms with Crippen molar-refractivity contribution < 1.29 is 4.74 Å². The van der Waals surface area contributed by atoms with Crippen LogP contribution in [0.15, 0.2) is 28.7 Å².